The Morgan fingerprint density at radius 2 is 2.08 bits per heavy atom. The fraction of sp³-hybridized carbons (Fsp3) is 0.278. The molecule has 3 heterocycles. The fourth-order valence-corrected chi connectivity index (χ4v) is 3.92. The quantitative estimate of drug-likeness (QED) is 0.550. The van der Waals surface area contributed by atoms with Gasteiger partial charge in [0, 0.05) is 22.6 Å². The van der Waals surface area contributed by atoms with Crippen LogP contribution in [0, 0.1) is 39.0 Å². The molecule has 3 aromatic rings. The Kier molecular flexibility index (Phi) is 4.91. The van der Waals surface area contributed by atoms with Crippen molar-refractivity contribution in [2.24, 2.45) is 0 Å². The Morgan fingerprint density at radius 3 is 2.73 bits per heavy atom. The summed E-state index contributed by atoms with van der Waals surface area (Å²) in [6.45, 7) is 7.55. The van der Waals surface area contributed by atoms with E-state index in [2.05, 4.69) is 26.2 Å². The summed E-state index contributed by atoms with van der Waals surface area (Å²) in [6, 6.07) is 5.90. The highest BCUT2D eigenvalue weighted by molar-refractivity contribution is 8.00. The molecular weight excluding hydrogens is 348 g/mol. The van der Waals surface area contributed by atoms with Crippen molar-refractivity contribution in [1.29, 1.82) is 5.26 Å². The molecule has 1 N–H and O–H groups in total. The van der Waals surface area contributed by atoms with Crippen molar-refractivity contribution >= 4 is 17.5 Å². The van der Waals surface area contributed by atoms with Gasteiger partial charge in [0.15, 0.2) is 5.78 Å². The molecule has 0 aliphatic carbocycles. The molecule has 0 unspecified atom stereocenters. The van der Waals surface area contributed by atoms with Crippen molar-refractivity contribution in [2.75, 3.05) is 5.75 Å². The molecule has 0 aliphatic heterocycles. The van der Waals surface area contributed by atoms with Gasteiger partial charge in [-0.25, -0.2) is 10.1 Å². The second-order valence-electron chi connectivity index (χ2n) is 6.01. The molecule has 26 heavy (non-hydrogen) atoms. The van der Waals surface area contributed by atoms with Crippen molar-refractivity contribution in [2.45, 2.75) is 32.7 Å². The van der Waals surface area contributed by atoms with Crippen molar-refractivity contribution in [3.8, 4) is 12.0 Å². The lowest BCUT2D eigenvalue weighted by Crippen LogP contribution is -2.07. The number of hydrogen-bond donors (Lipinski definition) is 1. The van der Waals surface area contributed by atoms with Crippen LogP contribution in [0.15, 0.2) is 23.5 Å². The van der Waals surface area contributed by atoms with Crippen molar-refractivity contribution in [3.63, 3.8) is 0 Å². The van der Waals surface area contributed by atoms with Crippen LogP contribution in [-0.2, 0) is 0 Å². The van der Waals surface area contributed by atoms with Gasteiger partial charge in [0.2, 0.25) is 5.95 Å². The van der Waals surface area contributed by atoms with Crippen LogP contribution in [0.5, 0.6) is 0 Å². The van der Waals surface area contributed by atoms with Crippen LogP contribution in [0.25, 0.3) is 5.95 Å². The maximum Gasteiger partial charge on any atom is 0.229 e. The van der Waals surface area contributed by atoms with Crippen LogP contribution in [0.1, 0.15) is 38.6 Å². The van der Waals surface area contributed by atoms with E-state index in [1.54, 1.807) is 0 Å². The van der Waals surface area contributed by atoms with E-state index in [-0.39, 0.29) is 11.5 Å². The van der Waals surface area contributed by atoms with Gasteiger partial charge in [0.05, 0.1) is 11.3 Å². The number of H-pyrrole nitrogens is 1. The summed E-state index contributed by atoms with van der Waals surface area (Å²) < 4.78 is 1.86. The van der Waals surface area contributed by atoms with Crippen molar-refractivity contribution in [1.82, 2.24) is 24.7 Å². The number of aromatic amines is 1. The van der Waals surface area contributed by atoms with E-state index in [4.69, 9.17) is 0 Å². The molecule has 0 saturated carbocycles. The zero-order valence-electron chi connectivity index (χ0n) is 15.0. The highest BCUT2D eigenvalue weighted by Gasteiger charge is 2.19. The predicted octanol–water partition coefficient (Wildman–Crippen LogP) is 3.07. The minimum atomic E-state index is -0.0151. The maximum absolute atomic E-state index is 12.8. The Hall–Kier alpha value is -2.92. The van der Waals surface area contributed by atoms with E-state index in [1.165, 1.54) is 18.1 Å². The summed E-state index contributed by atoms with van der Waals surface area (Å²) in [5.74, 6) is 0.777. The van der Waals surface area contributed by atoms with Crippen molar-refractivity contribution < 1.29 is 4.79 Å². The monoisotopic (exact) mass is 366 g/mol. The maximum atomic E-state index is 12.8. The van der Waals surface area contributed by atoms with E-state index < -0.39 is 0 Å². The highest BCUT2D eigenvalue weighted by atomic mass is 32.2. The first-order valence-corrected chi connectivity index (χ1v) is 9.00. The molecule has 0 fully saturated rings. The zero-order chi connectivity index (χ0) is 18.8. The highest BCUT2D eigenvalue weighted by Crippen LogP contribution is 2.26. The van der Waals surface area contributed by atoms with Gasteiger partial charge in [-0.1, -0.05) is 11.8 Å². The average molecular weight is 366 g/mol. The van der Waals surface area contributed by atoms with Gasteiger partial charge in [0.1, 0.15) is 17.4 Å². The summed E-state index contributed by atoms with van der Waals surface area (Å²) >= 11 is 1.30. The largest absolute Gasteiger partial charge is 0.293 e. The molecule has 0 radical (unpaired) electrons. The van der Waals surface area contributed by atoms with Gasteiger partial charge in [-0.2, -0.15) is 15.3 Å². The smallest absolute Gasteiger partial charge is 0.229 e. The number of ketones is 1. The molecule has 0 amide bonds. The number of thioether (sulfide) groups is 1. The Labute approximate surface area is 155 Å². The summed E-state index contributed by atoms with van der Waals surface area (Å²) in [5.41, 5.74) is 4.57. The number of nitriles is 1. The number of pyridine rings is 1. The topological polar surface area (TPSA) is 100 Å². The predicted molar refractivity (Wildman–Crippen MR) is 98.7 cm³/mol. The molecule has 0 aliphatic rings. The lowest BCUT2D eigenvalue weighted by molar-refractivity contribution is 0.102. The summed E-state index contributed by atoms with van der Waals surface area (Å²) in [6.07, 6.45) is 1.43. The zero-order valence-corrected chi connectivity index (χ0v) is 15.8. The second-order valence-corrected chi connectivity index (χ2v) is 6.98. The average Bonchev–Trinajstić information content (AvgIpc) is 3.20. The van der Waals surface area contributed by atoms with Gasteiger partial charge in [-0.05, 0) is 45.4 Å². The van der Waals surface area contributed by atoms with Gasteiger partial charge in [-0.3, -0.25) is 9.36 Å². The molecule has 7 nitrogen and oxygen atoms in total. The molecule has 0 atom stereocenters. The first-order chi connectivity index (χ1) is 12.4. The number of Topliss-reactive ketones (excluding diaryl/α,β-unsaturated/α-hetero) is 1. The second kappa shape index (κ2) is 7.14. The number of nitrogens with zero attached hydrogens (tertiary/aromatic N) is 5. The molecule has 0 bridgehead atoms. The summed E-state index contributed by atoms with van der Waals surface area (Å²) in [4.78, 5) is 21.3. The number of hydrogen-bond acceptors (Lipinski definition) is 6. The molecule has 0 saturated heterocycles. The van der Waals surface area contributed by atoms with Crippen LogP contribution in [-0.4, -0.2) is 36.3 Å². The standard InChI is InChI=1S/C18H18N6OS/c1-10-5-11(2)22-17(15(10)7-19)26-8-16(25)14-6-12(3)24(13(14)4)18-20-9-21-23-18/h5-6,9H,8H2,1-4H3,(H,20,21,23). The molecular formula is C18H18N6OS. The van der Waals surface area contributed by atoms with E-state index in [1.807, 2.05) is 44.4 Å². The SMILES string of the molecule is Cc1cc(C)c(C#N)c(SCC(=O)c2cc(C)n(-c3ncn[nH]3)c2C)n1. The van der Waals surface area contributed by atoms with Gasteiger partial charge in [0.25, 0.3) is 0 Å². The van der Waals surface area contributed by atoms with Crippen LogP contribution in [0.4, 0.5) is 0 Å². The van der Waals surface area contributed by atoms with Crippen molar-refractivity contribution in [3.05, 3.63) is 52.2 Å². The van der Waals surface area contributed by atoms with Gasteiger partial charge >= 0.3 is 0 Å². The first kappa shape index (κ1) is 17.9. The summed E-state index contributed by atoms with van der Waals surface area (Å²) in [7, 11) is 0. The van der Waals surface area contributed by atoms with Gasteiger partial charge < -0.3 is 0 Å². The normalized spacial score (nSPS) is 10.7. The molecule has 0 spiro atoms. The summed E-state index contributed by atoms with van der Waals surface area (Å²) in [5, 5.41) is 16.6. The minimum Gasteiger partial charge on any atom is -0.293 e. The third-order valence-corrected chi connectivity index (χ3v) is 5.08. The van der Waals surface area contributed by atoms with E-state index in [9.17, 15) is 10.1 Å². The van der Waals surface area contributed by atoms with Crippen LogP contribution in [0.3, 0.4) is 0 Å². The lowest BCUT2D eigenvalue weighted by atomic mass is 10.1. The third-order valence-electron chi connectivity index (χ3n) is 4.11. The van der Waals surface area contributed by atoms with Crippen LogP contribution in [0.2, 0.25) is 0 Å². The lowest BCUT2D eigenvalue weighted by Gasteiger charge is -2.07. The third kappa shape index (κ3) is 3.26. The number of carbonyl (C=O) groups is 1. The van der Waals surface area contributed by atoms with Crippen LogP contribution < -0.4 is 0 Å². The Bertz CT molecular complexity index is 1010. The number of nitrogens with one attached hydrogen (secondary N) is 1. The molecule has 132 valence electrons. The van der Waals surface area contributed by atoms with E-state index >= 15 is 0 Å². The molecule has 3 rings (SSSR count). The molecule has 8 heteroatoms. The number of rotatable bonds is 5. The number of carbonyl (C=O) groups excluding carboxylic acids is 1. The Balaban J connectivity index is 1.85. The minimum absolute atomic E-state index is 0.0151. The first-order valence-electron chi connectivity index (χ1n) is 8.01. The van der Waals surface area contributed by atoms with Gasteiger partial charge in [-0.15, -0.1) is 0 Å². The number of aromatic nitrogens is 5. The molecule has 3 aromatic heterocycles. The van der Waals surface area contributed by atoms with E-state index in [0.29, 0.717) is 22.1 Å². The van der Waals surface area contributed by atoms with E-state index in [0.717, 1.165) is 22.6 Å². The Morgan fingerprint density at radius 1 is 1.31 bits per heavy atom. The number of aryl methyl sites for hydroxylation is 3. The molecule has 0 aromatic carbocycles. The fourth-order valence-electron chi connectivity index (χ4n) is 2.93. The van der Waals surface area contributed by atoms with Crippen LogP contribution >= 0.6 is 11.8 Å².